The lowest BCUT2D eigenvalue weighted by Crippen LogP contribution is -3.61. The fourth-order valence-electron chi connectivity index (χ4n) is 1.36. The lowest BCUT2D eigenvalue weighted by Gasteiger charge is -2.40. The number of hydrogen-bond donors (Lipinski definition) is 0. The minimum absolute atomic E-state index is 0.472. The van der Waals surface area contributed by atoms with E-state index in [0.29, 0.717) is 15.7 Å². The molecule has 0 nitrogen and oxygen atoms in total. The Morgan fingerprint density at radius 2 is 1.11 bits per heavy atom. The third-order valence-corrected chi connectivity index (χ3v) is 6.06. The van der Waals surface area contributed by atoms with Gasteiger partial charge in [-0.1, -0.05) is 37.6 Å². The van der Waals surface area contributed by atoms with Gasteiger partial charge in [-0.05, 0) is 36.4 Å². The minimum atomic E-state index is -9.54. The first-order valence-corrected chi connectivity index (χ1v) is 9.19. The molecule has 0 saturated carbocycles. The highest BCUT2D eigenvalue weighted by Gasteiger charge is 2.65. The Morgan fingerprint density at radius 3 is 1.58 bits per heavy atom. The summed E-state index contributed by atoms with van der Waals surface area (Å²) in [7, 11) is -9.54. The highest BCUT2D eigenvalue weighted by molar-refractivity contribution is 8.45. The smallest absolute Gasteiger partial charge is 0.0936 e. The first kappa shape index (κ1) is 14.6. The van der Waals surface area contributed by atoms with E-state index < -0.39 is 36.3 Å². The van der Waals surface area contributed by atoms with E-state index in [1.165, 1.54) is 0 Å². The Morgan fingerprint density at radius 1 is 0.632 bits per heavy atom. The van der Waals surface area contributed by atoms with E-state index in [1.54, 1.807) is 0 Å². The van der Waals surface area contributed by atoms with Crippen LogP contribution in [-0.4, -0.2) is 0 Å². The molecule has 0 saturated heterocycles. The summed E-state index contributed by atoms with van der Waals surface area (Å²) in [5.41, 5.74) is 0. The summed E-state index contributed by atoms with van der Waals surface area (Å²) in [4.78, 5) is -1.83. The fourth-order valence-corrected chi connectivity index (χ4v) is 4.22. The van der Waals surface area contributed by atoms with Crippen molar-refractivity contribution in [2.75, 3.05) is 0 Å². The van der Waals surface area contributed by atoms with E-state index in [1.807, 2.05) is 30.3 Å². The Labute approximate surface area is 117 Å². The normalized spacial score (nSPS) is 15.6. The largest absolute Gasteiger partial charge is 0.357 e. The SMILES string of the molecule is FS(F)(F)(F)(F)c1ccc([I+]c2ccccc2)cc1. The minimum Gasteiger partial charge on any atom is -0.0936 e. The maximum atomic E-state index is 12.5. The van der Waals surface area contributed by atoms with Crippen molar-refractivity contribution in [3.63, 3.8) is 0 Å². The van der Waals surface area contributed by atoms with Gasteiger partial charge in [-0.3, -0.25) is 0 Å². The monoisotopic (exact) mass is 407 g/mol. The van der Waals surface area contributed by atoms with Crippen LogP contribution in [0.5, 0.6) is 0 Å². The van der Waals surface area contributed by atoms with Crippen LogP contribution in [0.1, 0.15) is 0 Å². The average molecular weight is 407 g/mol. The van der Waals surface area contributed by atoms with Crippen molar-refractivity contribution in [3.8, 4) is 0 Å². The van der Waals surface area contributed by atoms with Crippen LogP contribution in [0.4, 0.5) is 19.4 Å². The highest BCUT2D eigenvalue weighted by atomic mass is 127. The second-order valence-corrected chi connectivity index (χ2v) is 9.25. The molecule has 0 spiro atoms. The van der Waals surface area contributed by atoms with E-state index in [0.717, 1.165) is 15.7 Å². The van der Waals surface area contributed by atoms with Gasteiger partial charge in [0.15, 0.2) is 7.14 Å². The Hall–Kier alpha value is -0.830. The molecule has 0 aliphatic heterocycles. The summed E-state index contributed by atoms with van der Waals surface area (Å²) in [5, 5.41) is 0. The van der Waals surface area contributed by atoms with Gasteiger partial charge in [0, 0.05) is 0 Å². The van der Waals surface area contributed by atoms with Crippen LogP contribution in [-0.2, 0) is 0 Å². The second-order valence-electron chi connectivity index (χ2n) is 3.81. The van der Waals surface area contributed by atoms with Gasteiger partial charge in [0.2, 0.25) is 0 Å². The van der Waals surface area contributed by atoms with Crippen LogP contribution in [0.15, 0.2) is 59.5 Å². The molecule has 19 heavy (non-hydrogen) atoms. The second kappa shape index (κ2) is 4.08. The highest BCUT2D eigenvalue weighted by Crippen LogP contribution is 3.02. The molecule has 0 bridgehead atoms. The zero-order valence-electron chi connectivity index (χ0n) is 9.37. The summed E-state index contributed by atoms with van der Waals surface area (Å²) >= 11 is -0.654. The van der Waals surface area contributed by atoms with Crippen LogP contribution < -0.4 is 21.2 Å². The van der Waals surface area contributed by atoms with Gasteiger partial charge in [-0.25, -0.2) is 0 Å². The van der Waals surface area contributed by atoms with Crippen LogP contribution >= 0.6 is 10.2 Å². The first-order valence-electron chi connectivity index (χ1n) is 5.09. The Balaban J connectivity index is 2.26. The molecule has 2 rings (SSSR count). The van der Waals surface area contributed by atoms with Crippen LogP contribution in [0.3, 0.4) is 0 Å². The molecule has 0 N–H and O–H groups in total. The van der Waals surface area contributed by atoms with Gasteiger partial charge in [0.25, 0.3) is 0 Å². The number of benzene rings is 2. The van der Waals surface area contributed by atoms with Crippen molar-refractivity contribution in [1.29, 1.82) is 0 Å². The maximum absolute atomic E-state index is 12.5. The summed E-state index contributed by atoms with van der Waals surface area (Å²) in [6.45, 7) is 0. The van der Waals surface area contributed by atoms with E-state index in [4.69, 9.17) is 0 Å². The molecule has 0 aliphatic rings. The van der Waals surface area contributed by atoms with E-state index in [9.17, 15) is 19.4 Å². The molecule has 0 radical (unpaired) electrons. The molecule has 7 heteroatoms. The number of halogens is 6. The zero-order valence-corrected chi connectivity index (χ0v) is 12.3. The predicted molar refractivity (Wildman–Crippen MR) is 61.7 cm³/mol. The Kier molecular flexibility index (Phi) is 3.13. The van der Waals surface area contributed by atoms with E-state index in [2.05, 4.69) is 0 Å². The molecule has 0 atom stereocenters. The molecule has 0 aliphatic carbocycles. The molecule has 0 unspecified atom stereocenters. The summed E-state index contributed by atoms with van der Waals surface area (Å²) < 4.78 is 64.3. The maximum Gasteiger partial charge on any atom is 0.357 e. The van der Waals surface area contributed by atoms with Crippen molar-refractivity contribution < 1.29 is 40.6 Å². The summed E-state index contributed by atoms with van der Waals surface area (Å²) in [6.07, 6.45) is 0. The van der Waals surface area contributed by atoms with Crippen molar-refractivity contribution in [2.24, 2.45) is 0 Å². The standard InChI is InChI=1S/C12H9F5IS/c13-19(14,15,16,17)12-8-6-11(7-9-12)18-10-4-2-1-3-5-10/h1-9H/q+1. The lowest BCUT2D eigenvalue weighted by molar-refractivity contribution is -0.597. The van der Waals surface area contributed by atoms with Gasteiger partial charge in [-0.15, -0.1) is 0 Å². The van der Waals surface area contributed by atoms with Gasteiger partial charge in [-0.2, -0.15) is 0 Å². The quantitative estimate of drug-likeness (QED) is 0.542. The van der Waals surface area contributed by atoms with Crippen molar-refractivity contribution in [2.45, 2.75) is 4.90 Å². The van der Waals surface area contributed by atoms with Crippen molar-refractivity contribution in [1.82, 2.24) is 0 Å². The topological polar surface area (TPSA) is 0 Å². The van der Waals surface area contributed by atoms with Crippen molar-refractivity contribution in [3.05, 3.63) is 61.7 Å². The Bertz CT molecular complexity index is 577. The molecule has 2 aromatic carbocycles. The fraction of sp³-hybridized carbons (Fsp3) is 0. The zero-order chi connectivity index (χ0) is 14.2. The molecule has 0 heterocycles. The molecular weight excluding hydrogens is 398 g/mol. The molecular formula is C12H9F5IS+. The molecule has 0 aromatic heterocycles. The van der Waals surface area contributed by atoms with Gasteiger partial charge in [0.1, 0.15) is 4.90 Å². The van der Waals surface area contributed by atoms with Crippen LogP contribution in [0.2, 0.25) is 0 Å². The first-order chi connectivity index (χ1) is 8.54. The molecule has 2 aromatic rings. The van der Waals surface area contributed by atoms with E-state index in [-0.39, 0.29) is 0 Å². The van der Waals surface area contributed by atoms with E-state index >= 15 is 0 Å². The van der Waals surface area contributed by atoms with Gasteiger partial charge >= 0.3 is 31.4 Å². The van der Waals surface area contributed by atoms with Gasteiger partial charge < -0.3 is 0 Å². The van der Waals surface area contributed by atoms with Crippen molar-refractivity contribution >= 4 is 10.2 Å². The van der Waals surface area contributed by atoms with Crippen LogP contribution in [0, 0.1) is 7.14 Å². The molecule has 104 valence electrons. The average Bonchev–Trinajstić information content (AvgIpc) is 2.28. The van der Waals surface area contributed by atoms with Crippen LogP contribution in [0.25, 0.3) is 0 Å². The number of rotatable bonds is 3. The third-order valence-electron chi connectivity index (χ3n) is 2.21. The summed E-state index contributed by atoms with van der Waals surface area (Å²) in [6, 6.07) is 12.4. The third kappa shape index (κ3) is 4.07. The number of hydrogen-bond acceptors (Lipinski definition) is 0. The predicted octanol–water partition coefficient (Wildman–Crippen LogP) is 2.47. The molecule has 0 fully saturated rings. The molecule has 0 amide bonds. The lowest BCUT2D eigenvalue weighted by atomic mass is 10.4. The summed E-state index contributed by atoms with van der Waals surface area (Å²) in [5.74, 6) is 0. The van der Waals surface area contributed by atoms with Gasteiger partial charge in [0.05, 0.1) is 0 Å².